The summed E-state index contributed by atoms with van der Waals surface area (Å²) in [6, 6.07) is 0. The predicted molar refractivity (Wildman–Crippen MR) is 400 cm³/mol. The molecule has 17 nitrogen and oxygen atoms in total. The second-order valence-electron chi connectivity index (χ2n) is 30.1. The van der Waals surface area contributed by atoms with Crippen LogP contribution in [0.2, 0.25) is 0 Å². The fourth-order valence-electron chi connectivity index (χ4n) is 12.0. The highest BCUT2D eigenvalue weighted by Gasteiger charge is 2.30. The van der Waals surface area contributed by atoms with Gasteiger partial charge in [-0.1, -0.05) is 351 Å². The van der Waals surface area contributed by atoms with Crippen molar-refractivity contribution < 1.29 is 80.2 Å². The lowest BCUT2D eigenvalue weighted by atomic mass is 9.99. The van der Waals surface area contributed by atoms with E-state index < -0.39 is 97.5 Å². The molecule has 582 valence electrons. The number of carbonyl (C=O) groups is 4. The second-order valence-corrected chi connectivity index (χ2v) is 33.0. The van der Waals surface area contributed by atoms with Crippen molar-refractivity contribution in [1.82, 2.24) is 0 Å². The van der Waals surface area contributed by atoms with Crippen molar-refractivity contribution in [3.05, 3.63) is 0 Å². The van der Waals surface area contributed by atoms with Crippen LogP contribution in [0.25, 0.3) is 0 Å². The number of aliphatic hydroxyl groups is 1. The van der Waals surface area contributed by atoms with Crippen LogP contribution in [0.5, 0.6) is 0 Å². The lowest BCUT2D eigenvalue weighted by Crippen LogP contribution is -2.30. The highest BCUT2D eigenvalue weighted by Crippen LogP contribution is 2.45. The summed E-state index contributed by atoms with van der Waals surface area (Å²) in [4.78, 5) is 72.9. The molecule has 3 N–H and O–H groups in total. The van der Waals surface area contributed by atoms with Crippen LogP contribution in [0.1, 0.15) is 402 Å². The number of esters is 4. The molecule has 0 amide bonds. The Balaban J connectivity index is 5.19. The number of phosphoric ester groups is 2. The van der Waals surface area contributed by atoms with Crippen molar-refractivity contribution in [3.63, 3.8) is 0 Å². The molecule has 0 rings (SSSR count). The quantitative estimate of drug-likeness (QED) is 0.0222. The van der Waals surface area contributed by atoms with Crippen molar-refractivity contribution in [2.45, 2.75) is 420 Å². The fourth-order valence-corrected chi connectivity index (χ4v) is 13.6. The Hall–Kier alpha value is -1.94. The van der Waals surface area contributed by atoms with E-state index in [1.54, 1.807) is 0 Å². The molecule has 0 saturated heterocycles. The molecule has 0 fully saturated rings. The molecule has 0 aliphatic rings. The molecule has 0 radical (unpaired) electrons. The number of carbonyl (C=O) groups excluding carboxylic acids is 4. The van der Waals surface area contributed by atoms with E-state index >= 15 is 0 Å². The van der Waals surface area contributed by atoms with Crippen molar-refractivity contribution >= 4 is 39.5 Å². The van der Waals surface area contributed by atoms with Crippen LogP contribution in [-0.2, 0) is 65.4 Å². The maximum atomic E-state index is 13.1. The van der Waals surface area contributed by atoms with Crippen molar-refractivity contribution in [2.75, 3.05) is 39.6 Å². The molecule has 0 spiro atoms. The zero-order valence-electron chi connectivity index (χ0n) is 64.4. The number of aliphatic hydroxyl groups excluding tert-OH is 1. The number of hydrogen-bond donors (Lipinski definition) is 3. The lowest BCUT2D eigenvalue weighted by Gasteiger charge is -2.21. The van der Waals surface area contributed by atoms with E-state index in [1.807, 2.05) is 0 Å². The molecule has 0 aromatic rings. The lowest BCUT2D eigenvalue weighted by molar-refractivity contribution is -0.161. The summed E-state index contributed by atoms with van der Waals surface area (Å²) in [7, 11) is -9.92. The van der Waals surface area contributed by atoms with Gasteiger partial charge in [0.1, 0.15) is 19.3 Å². The topological polar surface area (TPSA) is 237 Å². The first kappa shape index (κ1) is 96.1. The van der Waals surface area contributed by atoms with Crippen LogP contribution in [0.3, 0.4) is 0 Å². The van der Waals surface area contributed by atoms with Gasteiger partial charge in [-0.3, -0.25) is 37.3 Å². The average Bonchev–Trinajstić information content (AvgIpc) is 0.968. The predicted octanol–water partition coefficient (Wildman–Crippen LogP) is 23.2. The molecule has 0 aliphatic carbocycles. The third kappa shape index (κ3) is 71.1. The molecule has 0 heterocycles. The summed E-state index contributed by atoms with van der Waals surface area (Å²) in [6.07, 6.45) is 54.3. The van der Waals surface area contributed by atoms with Gasteiger partial charge in [-0.2, -0.15) is 0 Å². The van der Waals surface area contributed by atoms with Gasteiger partial charge in [0.05, 0.1) is 26.4 Å². The van der Waals surface area contributed by atoms with Gasteiger partial charge < -0.3 is 33.8 Å². The minimum absolute atomic E-state index is 0.105. The number of unbranched alkanes of at least 4 members (excludes halogenated alkanes) is 41. The first-order valence-corrected chi connectivity index (χ1v) is 43.7. The number of ether oxygens (including phenoxy) is 4. The Labute approximate surface area is 600 Å². The Morgan fingerprint density at radius 1 is 0.286 bits per heavy atom. The van der Waals surface area contributed by atoms with Crippen molar-refractivity contribution in [2.24, 2.45) is 23.7 Å². The van der Waals surface area contributed by atoms with Crippen LogP contribution >= 0.6 is 15.6 Å². The Morgan fingerprint density at radius 3 is 0.724 bits per heavy atom. The average molecular weight is 1440 g/mol. The third-order valence-corrected chi connectivity index (χ3v) is 20.6. The first-order chi connectivity index (χ1) is 47.1. The van der Waals surface area contributed by atoms with Gasteiger partial charge in [0.15, 0.2) is 12.2 Å². The molecule has 98 heavy (non-hydrogen) atoms. The van der Waals surface area contributed by atoms with E-state index in [4.69, 9.17) is 37.0 Å². The number of rotatable bonds is 76. The van der Waals surface area contributed by atoms with Crippen LogP contribution in [-0.4, -0.2) is 96.7 Å². The van der Waals surface area contributed by atoms with Gasteiger partial charge in [-0.05, 0) is 49.4 Å². The van der Waals surface area contributed by atoms with Gasteiger partial charge in [0.2, 0.25) is 0 Å². The molecule has 0 aromatic carbocycles. The highest BCUT2D eigenvalue weighted by molar-refractivity contribution is 7.47. The standard InChI is InChI=1S/C79H154O17P2/c1-9-72(8)58-50-42-33-27-23-24-30-36-46-54-62-79(84)95-74(65-89-76(81)59-51-43-34-28-21-17-15-13-11-10-12-14-16-19-25-31-39-47-55-69(2)3)67-93-97(85,86)91-63-73(80)64-92-98(87,88)94-68-75(66-90-77(82)60-52-44-38-37-41-49-57-71(6)7)96-78(83)61-53-45-35-29-22-18-20-26-32-40-48-56-70(4)5/h69-75,80H,9-68H2,1-8H3,(H,85,86)(H,87,88)/t72?,73-,74-,75-/m1/s1. The highest BCUT2D eigenvalue weighted by atomic mass is 31.2. The van der Waals surface area contributed by atoms with Gasteiger partial charge in [0.25, 0.3) is 0 Å². The third-order valence-electron chi connectivity index (χ3n) is 18.7. The molecular formula is C79H154O17P2. The van der Waals surface area contributed by atoms with Crippen molar-refractivity contribution in [1.29, 1.82) is 0 Å². The summed E-state index contributed by atoms with van der Waals surface area (Å²) >= 11 is 0. The first-order valence-electron chi connectivity index (χ1n) is 40.7. The summed E-state index contributed by atoms with van der Waals surface area (Å²) < 4.78 is 68.6. The molecule has 0 saturated carbocycles. The van der Waals surface area contributed by atoms with Gasteiger partial charge >= 0.3 is 39.5 Å². The summed E-state index contributed by atoms with van der Waals surface area (Å²) in [6.45, 7) is 14.2. The van der Waals surface area contributed by atoms with Gasteiger partial charge in [-0.15, -0.1) is 0 Å². The smallest absolute Gasteiger partial charge is 0.462 e. The Kier molecular flexibility index (Phi) is 66.8. The molecule has 3 unspecified atom stereocenters. The largest absolute Gasteiger partial charge is 0.472 e. The van der Waals surface area contributed by atoms with Crippen LogP contribution in [0.15, 0.2) is 0 Å². The zero-order chi connectivity index (χ0) is 72.4. The summed E-state index contributed by atoms with van der Waals surface area (Å²) in [5.74, 6) is 0.951. The summed E-state index contributed by atoms with van der Waals surface area (Å²) in [5.41, 5.74) is 0. The summed E-state index contributed by atoms with van der Waals surface area (Å²) in [5, 5.41) is 10.6. The molecule has 0 aromatic heterocycles. The molecule has 19 heteroatoms. The van der Waals surface area contributed by atoms with Gasteiger partial charge in [-0.25, -0.2) is 9.13 Å². The van der Waals surface area contributed by atoms with E-state index in [9.17, 15) is 43.2 Å². The van der Waals surface area contributed by atoms with Crippen LogP contribution < -0.4 is 0 Å². The van der Waals surface area contributed by atoms with Crippen LogP contribution in [0.4, 0.5) is 0 Å². The van der Waals surface area contributed by atoms with E-state index in [1.165, 1.54) is 199 Å². The maximum absolute atomic E-state index is 13.1. The normalized spacial score (nSPS) is 14.3. The maximum Gasteiger partial charge on any atom is 0.472 e. The number of hydrogen-bond acceptors (Lipinski definition) is 15. The number of phosphoric acid groups is 2. The molecular weight excluding hydrogens is 1280 g/mol. The van der Waals surface area contributed by atoms with Crippen LogP contribution in [0, 0.1) is 23.7 Å². The molecule has 6 atom stereocenters. The van der Waals surface area contributed by atoms with E-state index in [-0.39, 0.29) is 25.7 Å². The second kappa shape index (κ2) is 68.2. The SMILES string of the molecule is CCC(C)CCCCCCCCCCCCC(=O)O[C@H](COC(=O)CCCCCCCCCCCCCCCCCCCCC(C)C)COP(=O)(O)OC[C@@H](O)COP(=O)(O)OC[C@@H](COC(=O)CCCCCCCCC(C)C)OC(=O)CCCCCCCCCCCCCC(C)C. The molecule has 0 aliphatic heterocycles. The van der Waals surface area contributed by atoms with Gasteiger partial charge in [0, 0.05) is 25.7 Å². The molecule has 0 bridgehead atoms. The van der Waals surface area contributed by atoms with E-state index in [0.29, 0.717) is 31.6 Å². The minimum Gasteiger partial charge on any atom is -0.462 e. The zero-order valence-corrected chi connectivity index (χ0v) is 66.2. The van der Waals surface area contributed by atoms with Crippen molar-refractivity contribution in [3.8, 4) is 0 Å². The van der Waals surface area contributed by atoms with E-state index in [0.717, 1.165) is 114 Å². The fraction of sp³-hybridized carbons (Fsp3) is 0.949. The van der Waals surface area contributed by atoms with E-state index in [2.05, 4.69) is 55.4 Å². The Bertz CT molecular complexity index is 1920. The monoisotopic (exact) mass is 1440 g/mol. The Morgan fingerprint density at radius 2 is 0.490 bits per heavy atom. The minimum atomic E-state index is -4.96.